The van der Waals surface area contributed by atoms with E-state index in [0.29, 0.717) is 36.3 Å². The zero-order valence-electron chi connectivity index (χ0n) is 12.1. The Hall–Kier alpha value is -2.30. The lowest BCUT2D eigenvalue weighted by Crippen LogP contribution is -2.18. The Bertz CT molecular complexity index is 681. The van der Waals surface area contributed by atoms with Crippen LogP contribution in [0.5, 0.6) is 0 Å². The van der Waals surface area contributed by atoms with Crippen LogP contribution in [0.2, 0.25) is 0 Å². The van der Waals surface area contributed by atoms with Gasteiger partial charge >= 0.3 is 5.97 Å². The van der Waals surface area contributed by atoms with E-state index in [9.17, 15) is 9.59 Å². The van der Waals surface area contributed by atoms with Gasteiger partial charge in [-0.15, -0.1) is 0 Å². The number of ketones is 1. The van der Waals surface area contributed by atoms with Crippen LogP contribution >= 0.6 is 0 Å². The second kappa shape index (κ2) is 5.24. The monoisotopic (exact) mass is 287 g/mol. The molecule has 0 spiro atoms. The Labute approximate surface area is 122 Å². The van der Waals surface area contributed by atoms with Crippen molar-refractivity contribution >= 4 is 11.8 Å². The fraction of sp³-hybridized carbons (Fsp3) is 0.375. The fourth-order valence-corrected chi connectivity index (χ4v) is 2.97. The number of ether oxygens (including phenoxy) is 1. The topological polar surface area (TPSA) is 72.3 Å². The van der Waals surface area contributed by atoms with E-state index in [2.05, 4.69) is 4.98 Å². The highest BCUT2D eigenvalue weighted by molar-refractivity contribution is 6.03. The molecule has 0 aliphatic heterocycles. The first-order valence-electron chi connectivity index (χ1n) is 7.07. The molecule has 5 heteroatoms. The second-order valence-electron chi connectivity index (χ2n) is 5.24. The largest absolute Gasteiger partial charge is 0.469 e. The average Bonchev–Trinajstić information content (AvgIpc) is 3.07. The smallest absolute Gasteiger partial charge is 0.355 e. The van der Waals surface area contributed by atoms with E-state index < -0.39 is 5.97 Å². The highest BCUT2D eigenvalue weighted by atomic mass is 16.5. The molecule has 0 radical (unpaired) electrons. The number of carbonyl (C=O) groups is 2. The molecule has 110 valence electrons. The van der Waals surface area contributed by atoms with Gasteiger partial charge in [0.15, 0.2) is 5.78 Å². The van der Waals surface area contributed by atoms with Crippen molar-refractivity contribution in [3.63, 3.8) is 0 Å². The molecule has 1 N–H and O–H groups in total. The lowest BCUT2D eigenvalue weighted by molar-refractivity contribution is 0.0519. The maximum atomic E-state index is 12.4. The van der Waals surface area contributed by atoms with Gasteiger partial charge < -0.3 is 14.1 Å². The van der Waals surface area contributed by atoms with Gasteiger partial charge in [0.1, 0.15) is 11.5 Å². The Morgan fingerprint density at radius 1 is 1.48 bits per heavy atom. The summed E-state index contributed by atoms with van der Waals surface area (Å²) in [4.78, 5) is 27.4. The first-order chi connectivity index (χ1) is 10.1. The van der Waals surface area contributed by atoms with Crippen molar-refractivity contribution in [3.8, 4) is 0 Å². The van der Waals surface area contributed by atoms with Crippen molar-refractivity contribution in [2.45, 2.75) is 32.6 Å². The number of furan rings is 1. The van der Waals surface area contributed by atoms with Crippen LogP contribution in [0.15, 0.2) is 22.8 Å². The lowest BCUT2D eigenvalue weighted by atomic mass is 9.84. The van der Waals surface area contributed by atoms with Crippen LogP contribution in [-0.4, -0.2) is 23.3 Å². The number of aromatic amines is 1. The molecule has 3 rings (SSSR count). The zero-order valence-corrected chi connectivity index (χ0v) is 12.1. The summed E-state index contributed by atoms with van der Waals surface area (Å²) >= 11 is 0. The summed E-state index contributed by atoms with van der Waals surface area (Å²) in [6.07, 6.45) is 2.68. The highest BCUT2D eigenvalue weighted by Gasteiger charge is 2.33. The normalized spacial score (nSPS) is 17.6. The summed E-state index contributed by atoms with van der Waals surface area (Å²) in [5.41, 5.74) is 2.51. The molecule has 2 aromatic heterocycles. The number of hydrogen-bond donors (Lipinski definition) is 1. The van der Waals surface area contributed by atoms with E-state index in [0.717, 1.165) is 11.5 Å². The molecular weight excluding hydrogens is 270 g/mol. The number of aromatic nitrogens is 1. The van der Waals surface area contributed by atoms with Gasteiger partial charge in [0.25, 0.3) is 0 Å². The van der Waals surface area contributed by atoms with Crippen LogP contribution in [0.3, 0.4) is 0 Å². The predicted octanol–water partition coefficient (Wildman–Crippen LogP) is 3.01. The van der Waals surface area contributed by atoms with Gasteiger partial charge in [0.05, 0.1) is 12.9 Å². The number of rotatable bonds is 3. The summed E-state index contributed by atoms with van der Waals surface area (Å²) in [5, 5.41) is 0. The minimum Gasteiger partial charge on any atom is -0.469 e. The fourth-order valence-electron chi connectivity index (χ4n) is 2.97. The van der Waals surface area contributed by atoms with Crippen molar-refractivity contribution in [1.82, 2.24) is 4.98 Å². The molecule has 0 fully saturated rings. The summed E-state index contributed by atoms with van der Waals surface area (Å²) < 4.78 is 10.4. The maximum absolute atomic E-state index is 12.4. The minimum atomic E-state index is -0.410. The van der Waals surface area contributed by atoms with E-state index in [1.165, 1.54) is 0 Å². The summed E-state index contributed by atoms with van der Waals surface area (Å²) in [6.45, 7) is 3.85. The molecule has 0 saturated carbocycles. The number of Topliss-reactive ketones (excluding diaryl/α,β-unsaturated/α-hetero) is 1. The first-order valence-corrected chi connectivity index (χ1v) is 7.07. The number of nitrogens with one attached hydrogen (secondary N) is 1. The van der Waals surface area contributed by atoms with E-state index in [1.54, 1.807) is 20.1 Å². The molecule has 2 heterocycles. The van der Waals surface area contributed by atoms with Gasteiger partial charge in [-0.1, -0.05) is 0 Å². The number of H-pyrrole nitrogens is 1. The molecular formula is C16H17NO4. The van der Waals surface area contributed by atoms with Crippen LogP contribution in [0.4, 0.5) is 0 Å². The molecule has 0 amide bonds. The van der Waals surface area contributed by atoms with Crippen molar-refractivity contribution in [2.75, 3.05) is 6.61 Å². The van der Waals surface area contributed by atoms with Gasteiger partial charge in [0.2, 0.25) is 0 Å². The summed E-state index contributed by atoms with van der Waals surface area (Å²) in [7, 11) is 0. The Balaban J connectivity index is 1.96. The van der Waals surface area contributed by atoms with E-state index in [4.69, 9.17) is 9.15 Å². The maximum Gasteiger partial charge on any atom is 0.355 e. The molecule has 0 bridgehead atoms. The molecule has 21 heavy (non-hydrogen) atoms. The number of esters is 1. The molecule has 0 saturated heterocycles. The average molecular weight is 287 g/mol. The van der Waals surface area contributed by atoms with Crippen LogP contribution in [0.1, 0.15) is 57.1 Å². The minimum absolute atomic E-state index is 0.0214. The van der Waals surface area contributed by atoms with Crippen LogP contribution < -0.4 is 0 Å². The third-order valence-electron chi connectivity index (χ3n) is 3.91. The van der Waals surface area contributed by atoms with Crippen LogP contribution in [0.25, 0.3) is 0 Å². The van der Waals surface area contributed by atoms with Gasteiger partial charge in [-0.2, -0.15) is 0 Å². The molecule has 1 aliphatic rings. The van der Waals surface area contributed by atoms with E-state index in [1.807, 2.05) is 12.1 Å². The van der Waals surface area contributed by atoms with Crippen molar-refractivity contribution in [2.24, 2.45) is 0 Å². The Morgan fingerprint density at radius 3 is 2.95 bits per heavy atom. The third-order valence-corrected chi connectivity index (χ3v) is 3.91. The first kappa shape index (κ1) is 13.7. The van der Waals surface area contributed by atoms with Gasteiger partial charge in [-0.25, -0.2) is 4.79 Å². The number of fused-ring (bicyclic) bond motifs is 1. The molecule has 0 aromatic carbocycles. The summed E-state index contributed by atoms with van der Waals surface area (Å²) in [6, 6.07) is 3.70. The summed E-state index contributed by atoms with van der Waals surface area (Å²) in [5.74, 6) is 0.459. The molecule has 1 atom stereocenters. The van der Waals surface area contributed by atoms with Gasteiger partial charge in [-0.3, -0.25) is 4.79 Å². The number of hydrogen-bond acceptors (Lipinski definition) is 4. The highest BCUT2D eigenvalue weighted by Crippen LogP contribution is 2.35. The molecule has 0 unspecified atom stereocenters. The van der Waals surface area contributed by atoms with Gasteiger partial charge in [-0.05, 0) is 38.0 Å². The Kier molecular flexibility index (Phi) is 3.41. The SMILES string of the molecule is CCOC(=O)c1[nH]c2c(c1C)C(=O)C[C@@H](c1ccco1)C2. The number of carbonyl (C=O) groups excluding carboxylic acids is 2. The standard InChI is InChI=1S/C16H17NO4/c1-3-20-16(19)15-9(2)14-11(17-15)7-10(8-12(14)18)13-5-4-6-21-13/h4-6,10,17H,3,7-8H2,1-2H3/t10-/m0/s1. The molecule has 2 aromatic rings. The van der Waals surface area contributed by atoms with Gasteiger partial charge in [0, 0.05) is 23.6 Å². The van der Waals surface area contributed by atoms with Crippen molar-refractivity contribution in [3.05, 3.63) is 46.7 Å². The van der Waals surface area contributed by atoms with E-state index in [-0.39, 0.29) is 11.7 Å². The third kappa shape index (κ3) is 2.28. The Morgan fingerprint density at radius 2 is 2.29 bits per heavy atom. The molecule has 1 aliphatic carbocycles. The molecule has 5 nitrogen and oxygen atoms in total. The quantitative estimate of drug-likeness (QED) is 0.881. The van der Waals surface area contributed by atoms with Crippen LogP contribution in [-0.2, 0) is 11.2 Å². The second-order valence-corrected chi connectivity index (χ2v) is 5.24. The lowest BCUT2D eigenvalue weighted by Gasteiger charge is -2.19. The van der Waals surface area contributed by atoms with Crippen LogP contribution in [0, 0.1) is 6.92 Å². The predicted molar refractivity (Wildman–Crippen MR) is 75.6 cm³/mol. The van der Waals surface area contributed by atoms with Crippen molar-refractivity contribution in [1.29, 1.82) is 0 Å². The zero-order chi connectivity index (χ0) is 15.0. The van der Waals surface area contributed by atoms with Crippen molar-refractivity contribution < 1.29 is 18.7 Å². The van der Waals surface area contributed by atoms with E-state index >= 15 is 0 Å².